The third-order valence-corrected chi connectivity index (χ3v) is 3.09. The maximum atomic E-state index is 13.4. The summed E-state index contributed by atoms with van der Waals surface area (Å²) >= 11 is 0. The zero-order chi connectivity index (χ0) is 11.9. The molecule has 86 valence electrons. The summed E-state index contributed by atoms with van der Waals surface area (Å²) in [6, 6.07) is 2.84. The zero-order valence-electron chi connectivity index (χ0n) is 8.97. The summed E-state index contributed by atoms with van der Waals surface area (Å²) in [4.78, 5) is 12.0. The van der Waals surface area contributed by atoms with Crippen molar-refractivity contribution in [2.45, 2.75) is 25.3 Å². The second-order valence-corrected chi connectivity index (χ2v) is 4.51. The van der Waals surface area contributed by atoms with E-state index in [0.717, 1.165) is 31.0 Å². The summed E-state index contributed by atoms with van der Waals surface area (Å²) in [5, 5.41) is 0. The van der Waals surface area contributed by atoms with Crippen LogP contribution in [0.2, 0.25) is 0 Å². The highest BCUT2D eigenvalue weighted by Crippen LogP contribution is 2.39. The third kappa shape index (κ3) is 1.85. The Labute approximate surface area is 92.4 Å². The third-order valence-electron chi connectivity index (χ3n) is 3.09. The molecular weight excluding hydrogens is 212 g/mol. The summed E-state index contributed by atoms with van der Waals surface area (Å²) in [6.07, 6.45) is 1.74. The number of hydrogen-bond donors (Lipinski definition) is 1. The van der Waals surface area contributed by atoms with E-state index in [2.05, 4.69) is 0 Å². The van der Waals surface area contributed by atoms with Gasteiger partial charge in [-0.3, -0.25) is 4.79 Å². The van der Waals surface area contributed by atoms with Crippen LogP contribution < -0.4 is 5.73 Å². The van der Waals surface area contributed by atoms with Gasteiger partial charge in [0, 0.05) is 0 Å². The second kappa shape index (κ2) is 3.63. The van der Waals surface area contributed by atoms with Gasteiger partial charge < -0.3 is 5.73 Å². The highest BCUT2D eigenvalue weighted by molar-refractivity contribution is 6.03. The largest absolute Gasteiger partial charge is 0.319 e. The van der Waals surface area contributed by atoms with Crippen LogP contribution in [0.5, 0.6) is 0 Å². The Kier molecular flexibility index (Phi) is 2.54. The Morgan fingerprint density at radius 2 is 2.06 bits per heavy atom. The van der Waals surface area contributed by atoms with Crippen molar-refractivity contribution >= 4 is 5.78 Å². The van der Waals surface area contributed by atoms with Crippen LogP contribution >= 0.6 is 0 Å². The van der Waals surface area contributed by atoms with E-state index in [-0.39, 0.29) is 11.5 Å². The fraction of sp³-hybridized carbons (Fsp3) is 0.417. The summed E-state index contributed by atoms with van der Waals surface area (Å²) in [5.41, 5.74) is 4.54. The van der Waals surface area contributed by atoms with E-state index in [1.807, 2.05) is 0 Å². The molecule has 1 aliphatic rings. The number of ketones is 1. The molecule has 0 aliphatic heterocycles. The fourth-order valence-electron chi connectivity index (χ4n) is 1.83. The number of rotatable bonds is 3. The molecule has 0 saturated heterocycles. The topological polar surface area (TPSA) is 43.1 Å². The second-order valence-electron chi connectivity index (χ2n) is 4.51. The van der Waals surface area contributed by atoms with Gasteiger partial charge in [0.25, 0.3) is 0 Å². The quantitative estimate of drug-likeness (QED) is 0.802. The summed E-state index contributed by atoms with van der Waals surface area (Å²) in [5.74, 6) is -1.78. The number of nitrogens with two attached hydrogens (primary N) is 1. The number of halogens is 2. The highest BCUT2D eigenvalue weighted by atomic mass is 19.1. The predicted molar refractivity (Wildman–Crippen MR) is 56.0 cm³/mol. The average molecular weight is 225 g/mol. The first-order chi connectivity index (χ1) is 7.43. The van der Waals surface area contributed by atoms with Crippen molar-refractivity contribution in [3.05, 3.63) is 35.4 Å². The molecular formula is C12H13F2NO. The molecule has 4 heteroatoms. The lowest BCUT2D eigenvalue weighted by Crippen LogP contribution is -2.47. The van der Waals surface area contributed by atoms with E-state index < -0.39 is 23.0 Å². The monoisotopic (exact) mass is 225 g/mol. The van der Waals surface area contributed by atoms with Crippen LogP contribution in [0.25, 0.3) is 0 Å². The predicted octanol–water partition coefficient (Wildman–Crippen LogP) is 2.27. The lowest BCUT2D eigenvalue weighted by molar-refractivity contribution is 0.0878. The Hall–Kier alpha value is -1.29. The minimum absolute atomic E-state index is 0.0858. The van der Waals surface area contributed by atoms with Gasteiger partial charge in [-0.25, -0.2) is 8.78 Å². The van der Waals surface area contributed by atoms with Gasteiger partial charge in [-0.05, 0) is 43.9 Å². The van der Waals surface area contributed by atoms with Crippen LogP contribution in [0.4, 0.5) is 8.78 Å². The van der Waals surface area contributed by atoms with Gasteiger partial charge in [-0.2, -0.15) is 0 Å². The average Bonchev–Trinajstić information content (AvgIpc) is 3.04. The van der Waals surface area contributed by atoms with E-state index >= 15 is 0 Å². The molecule has 0 aromatic heterocycles. The number of carbonyl (C=O) groups is 1. The van der Waals surface area contributed by atoms with Crippen molar-refractivity contribution in [1.29, 1.82) is 0 Å². The standard InChI is InChI=1S/C12H13F2NO/c1-12(15,7-2-3-7)11(16)9-6-8(13)4-5-10(9)14/h4-7H,2-3,15H2,1H3. The normalized spacial score (nSPS) is 19.2. The van der Waals surface area contributed by atoms with Gasteiger partial charge in [-0.1, -0.05) is 0 Å². The minimum atomic E-state index is -1.09. The van der Waals surface area contributed by atoms with Gasteiger partial charge in [0.05, 0.1) is 11.1 Å². The molecule has 1 atom stereocenters. The van der Waals surface area contributed by atoms with Crippen molar-refractivity contribution in [2.24, 2.45) is 11.7 Å². The molecule has 1 aromatic carbocycles. The van der Waals surface area contributed by atoms with Crippen molar-refractivity contribution in [3.8, 4) is 0 Å². The van der Waals surface area contributed by atoms with E-state index in [1.54, 1.807) is 6.92 Å². The van der Waals surface area contributed by atoms with Gasteiger partial charge in [-0.15, -0.1) is 0 Å². The van der Waals surface area contributed by atoms with Gasteiger partial charge in [0.1, 0.15) is 11.6 Å². The van der Waals surface area contributed by atoms with Crippen LogP contribution in [0.1, 0.15) is 30.1 Å². The Balaban J connectivity index is 2.36. The lowest BCUT2D eigenvalue weighted by Gasteiger charge is -2.22. The minimum Gasteiger partial charge on any atom is -0.319 e. The molecule has 1 aliphatic carbocycles. The van der Waals surface area contributed by atoms with Gasteiger partial charge in [0.2, 0.25) is 0 Å². The molecule has 16 heavy (non-hydrogen) atoms. The van der Waals surface area contributed by atoms with Crippen LogP contribution in [0.15, 0.2) is 18.2 Å². The van der Waals surface area contributed by atoms with E-state index in [9.17, 15) is 13.6 Å². The van der Waals surface area contributed by atoms with Crippen LogP contribution in [-0.4, -0.2) is 11.3 Å². The molecule has 1 fully saturated rings. The number of benzene rings is 1. The maximum Gasteiger partial charge on any atom is 0.185 e. The molecule has 0 amide bonds. The first-order valence-electron chi connectivity index (χ1n) is 5.21. The van der Waals surface area contributed by atoms with Gasteiger partial charge in [0.15, 0.2) is 5.78 Å². The Morgan fingerprint density at radius 1 is 1.44 bits per heavy atom. The maximum absolute atomic E-state index is 13.4. The molecule has 1 unspecified atom stereocenters. The molecule has 0 bridgehead atoms. The molecule has 0 spiro atoms. The molecule has 1 saturated carbocycles. The van der Waals surface area contributed by atoms with Crippen molar-refractivity contribution in [1.82, 2.24) is 0 Å². The number of hydrogen-bond acceptors (Lipinski definition) is 2. The van der Waals surface area contributed by atoms with E-state index in [4.69, 9.17) is 5.73 Å². The first kappa shape index (κ1) is 11.2. The number of carbonyl (C=O) groups excluding carboxylic acids is 1. The Morgan fingerprint density at radius 3 is 2.62 bits per heavy atom. The number of Topliss-reactive ketones (excluding diaryl/α,β-unsaturated/α-hetero) is 1. The van der Waals surface area contributed by atoms with E-state index in [0.29, 0.717) is 0 Å². The van der Waals surface area contributed by atoms with E-state index in [1.165, 1.54) is 0 Å². The molecule has 0 heterocycles. The summed E-state index contributed by atoms with van der Waals surface area (Å²) < 4.78 is 26.3. The highest BCUT2D eigenvalue weighted by Gasteiger charge is 2.44. The molecule has 2 rings (SSSR count). The van der Waals surface area contributed by atoms with Crippen molar-refractivity contribution in [2.75, 3.05) is 0 Å². The fourth-order valence-corrected chi connectivity index (χ4v) is 1.83. The molecule has 2 nitrogen and oxygen atoms in total. The molecule has 0 radical (unpaired) electrons. The van der Waals surface area contributed by atoms with Crippen LogP contribution in [0, 0.1) is 17.6 Å². The van der Waals surface area contributed by atoms with Crippen molar-refractivity contribution < 1.29 is 13.6 Å². The van der Waals surface area contributed by atoms with Crippen molar-refractivity contribution in [3.63, 3.8) is 0 Å². The Bertz CT molecular complexity index is 439. The lowest BCUT2D eigenvalue weighted by atomic mass is 9.87. The van der Waals surface area contributed by atoms with Gasteiger partial charge >= 0.3 is 0 Å². The van der Waals surface area contributed by atoms with Crippen LogP contribution in [-0.2, 0) is 0 Å². The SMILES string of the molecule is CC(N)(C(=O)c1cc(F)ccc1F)C1CC1. The molecule has 2 N–H and O–H groups in total. The smallest absolute Gasteiger partial charge is 0.185 e. The summed E-state index contributed by atoms with van der Waals surface area (Å²) in [6.45, 7) is 1.58. The summed E-state index contributed by atoms with van der Waals surface area (Å²) in [7, 11) is 0. The zero-order valence-corrected chi connectivity index (χ0v) is 8.97. The molecule has 1 aromatic rings. The van der Waals surface area contributed by atoms with Crippen LogP contribution in [0.3, 0.4) is 0 Å². The first-order valence-corrected chi connectivity index (χ1v) is 5.21.